The minimum Gasteiger partial charge on any atom is -0.508 e. The Bertz CT molecular complexity index is 646. The van der Waals surface area contributed by atoms with Gasteiger partial charge in [-0.3, -0.25) is 4.98 Å². The normalized spacial score (nSPS) is 10.4. The van der Waals surface area contributed by atoms with Gasteiger partial charge in [-0.1, -0.05) is 11.3 Å². The minimum absolute atomic E-state index is 0.226. The molecule has 0 saturated carbocycles. The maximum Gasteiger partial charge on any atom is 0.131 e. The molecule has 5 heteroatoms. The molecule has 5 nitrogen and oxygen atoms in total. The summed E-state index contributed by atoms with van der Waals surface area (Å²) in [5.74, 6) is 0.226. The molecule has 0 amide bonds. The molecule has 0 fully saturated rings. The largest absolute Gasteiger partial charge is 0.508 e. The molecular formula is C13H10N4O. The molecule has 0 aliphatic heterocycles. The number of hydrogen-bond donors (Lipinski definition) is 1. The molecule has 0 aliphatic rings. The van der Waals surface area contributed by atoms with Crippen LogP contribution in [0.25, 0.3) is 17.1 Å². The molecule has 0 saturated heterocycles. The van der Waals surface area contributed by atoms with Crippen molar-refractivity contribution in [1.82, 2.24) is 20.0 Å². The third-order valence-electron chi connectivity index (χ3n) is 2.53. The fraction of sp³-hybridized carbons (Fsp3) is 0. The van der Waals surface area contributed by atoms with Crippen molar-refractivity contribution in [3.05, 3.63) is 54.9 Å². The molecule has 1 aromatic carbocycles. The molecule has 0 radical (unpaired) electrons. The van der Waals surface area contributed by atoms with Crippen LogP contribution in [0, 0.1) is 0 Å². The zero-order chi connectivity index (χ0) is 12.4. The van der Waals surface area contributed by atoms with E-state index in [1.54, 1.807) is 41.3 Å². The van der Waals surface area contributed by atoms with Gasteiger partial charge in [0.2, 0.25) is 0 Å². The lowest BCUT2D eigenvalue weighted by molar-refractivity contribution is 0.475. The molecule has 3 aromatic rings. The smallest absolute Gasteiger partial charge is 0.131 e. The average Bonchev–Trinajstić information content (AvgIpc) is 2.90. The van der Waals surface area contributed by atoms with Gasteiger partial charge < -0.3 is 5.11 Å². The van der Waals surface area contributed by atoms with E-state index in [9.17, 15) is 5.11 Å². The van der Waals surface area contributed by atoms with Gasteiger partial charge in [0, 0.05) is 6.20 Å². The summed E-state index contributed by atoms with van der Waals surface area (Å²) in [6, 6.07) is 12.4. The minimum atomic E-state index is 0.226. The first-order valence-electron chi connectivity index (χ1n) is 5.46. The summed E-state index contributed by atoms with van der Waals surface area (Å²) in [5.41, 5.74) is 2.33. The lowest BCUT2D eigenvalue weighted by Gasteiger charge is -1.98. The summed E-state index contributed by atoms with van der Waals surface area (Å²) >= 11 is 0. The van der Waals surface area contributed by atoms with Crippen LogP contribution in [0.2, 0.25) is 0 Å². The Hall–Kier alpha value is -2.69. The van der Waals surface area contributed by atoms with E-state index in [0.29, 0.717) is 5.69 Å². The number of phenolic OH excluding ortho intramolecular Hbond substituents is 1. The van der Waals surface area contributed by atoms with Crippen molar-refractivity contribution in [2.75, 3.05) is 0 Å². The summed E-state index contributed by atoms with van der Waals surface area (Å²) in [7, 11) is 0. The number of aromatic nitrogens is 4. The molecule has 88 valence electrons. The maximum absolute atomic E-state index is 9.23. The zero-order valence-electron chi connectivity index (χ0n) is 9.43. The summed E-state index contributed by atoms with van der Waals surface area (Å²) < 4.78 is 1.64. The second kappa shape index (κ2) is 4.29. The third-order valence-corrected chi connectivity index (χ3v) is 2.53. The van der Waals surface area contributed by atoms with Gasteiger partial charge >= 0.3 is 0 Å². The van der Waals surface area contributed by atoms with Crippen LogP contribution < -0.4 is 0 Å². The highest BCUT2D eigenvalue weighted by Gasteiger charge is 2.05. The number of benzene rings is 1. The second-order valence-electron chi connectivity index (χ2n) is 3.78. The zero-order valence-corrected chi connectivity index (χ0v) is 9.43. The van der Waals surface area contributed by atoms with Gasteiger partial charge in [0.05, 0.1) is 17.6 Å². The van der Waals surface area contributed by atoms with Crippen LogP contribution in [0.5, 0.6) is 5.75 Å². The summed E-state index contributed by atoms with van der Waals surface area (Å²) in [6.45, 7) is 0. The fourth-order valence-electron chi connectivity index (χ4n) is 1.63. The molecule has 0 aliphatic carbocycles. The molecule has 3 rings (SSSR count). The number of nitrogens with zero attached hydrogens (tertiary/aromatic N) is 4. The Balaban J connectivity index is 1.97. The highest BCUT2D eigenvalue weighted by Crippen LogP contribution is 2.16. The van der Waals surface area contributed by atoms with Crippen LogP contribution in [-0.2, 0) is 0 Å². The fourth-order valence-corrected chi connectivity index (χ4v) is 1.63. The van der Waals surface area contributed by atoms with Crippen LogP contribution in [0.15, 0.2) is 54.9 Å². The van der Waals surface area contributed by atoms with E-state index >= 15 is 0 Å². The van der Waals surface area contributed by atoms with Crippen molar-refractivity contribution in [2.24, 2.45) is 0 Å². The Labute approximate surface area is 103 Å². The van der Waals surface area contributed by atoms with Gasteiger partial charge in [0.15, 0.2) is 0 Å². The van der Waals surface area contributed by atoms with Gasteiger partial charge in [-0.25, -0.2) is 4.68 Å². The van der Waals surface area contributed by atoms with Crippen molar-refractivity contribution in [3.63, 3.8) is 0 Å². The van der Waals surface area contributed by atoms with Crippen LogP contribution in [0.3, 0.4) is 0 Å². The van der Waals surface area contributed by atoms with Crippen molar-refractivity contribution >= 4 is 0 Å². The predicted octanol–water partition coefficient (Wildman–Crippen LogP) is 2.03. The SMILES string of the molecule is Oc1ccc(-n2cc(-c3ccccn3)nn2)cc1. The molecule has 18 heavy (non-hydrogen) atoms. The summed E-state index contributed by atoms with van der Waals surface area (Å²) in [6.07, 6.45) is 3.52. The Kier molecular flexibility index (Phi) is 2.49. The first-order chi connectivity index (χ1) is 8.83. The molecule has 2 heterocycles. The van der Waals surface area contributed by atoms with E-state index < -0.39 is 0 Å². The highest BCUT2D eigenvalue weighted by atomic mass is 16.3. The second-order valence-corrected chi connectivity index (χ2v) is 3.78. The standard InChI is InChI=1S/C13H10N4O/c18-11-6-4-10(5-7-11)17-9-13(15-16-17)12-3-1-2-8-14-12/h1-9,18H. The van der Waals surface area contributed by atoms with Crippen molar-refractivity contribution in [2.45, 2.75) is 0 Å². The van der Waals surface area contributed by atoms with E-state index in [4.69, 9.17) is 0 Å². The van der Waals surface area contributed by atoms with Crippen LogP contribution in [0.1, 0.15) is 0 Å². The van der Waals surface area contributed by atoms with Crippen LogP contribution in [-0.4, -0.2) is 25.1 Å². The van der Waals surface area contributed by atoms with Gasteiger partial charge in [-0.2, -0.15) is 0 Å². The number of phenols is 1. The van der Waals surface area contributed by atoms with E-state index in [0.717, 1.165) is 11.4 Å². The maximum atomic E-state index is 9.23. The van der Waals surface area contributed by atoms with E-state index in [-0.39, 0.29) is 5.75 Å². The van der Waals surface area contributed by atoms with E-state index in [1.807, 2.05) is 18.2 Å². The first-order valence-corrected chi connectivity index (χ1v) is 5.46. The van der Waals surface area contributed by atoms with Gasteiger partial charge in [0.25, 0.3) is 0 Å². The number of hydrogen-bond acceptors (Lipinski definition) is 4. The topological polar surface area (TPSA) is 63.8 Å². The molecule has 1 N–H and O–H groups in total. The summed E-state index contributed by atoms with van der Waals surface area (Å²) in [4.78, 5) is 4.21. The quantitative estimate of drug-likeness (QED) is 0.742. The molecular weight excluding hydrogens is 228 g/mol. The third kappa shape index (κ3) is 1.93. The lowest BCUT2D eigenvalue weighted by atomic mass is 10.3. The van der Waals surface area contributed by atoms with E-state index in [2.05, 4.69) is 15.3 Å². The van der Waals surface area contributed by atoms with Crippen LogP contribution >= 0.6 is 0 Å². The Morgan fingerprint density at radius 3 is 2.50 bits per heavy atom. The number of aromatic hydroxyl groups is 1. The predicted molar refractivity (Wildman–Crippen MR) is 66.3 cm³/mol. The van der Waals surface area contributed by atoms with E-state index in [1.165, 1.54) is 0 Å². The highest BCUT2D eigenvalue weighted by molar-refractivity contribution is 5.52. The lowest BCUT2D eigenvalue weighted by Crippen LogP contribution is -1.93. The van der Waals surface area contributed by atoms with Crippen LogP contribution in [0.4, 0.5) is 0 Å². The molecule has 0 spiro atoms. The average molecular weight is 238 g/mol. The molecule has 0 unspecified atom stereocenters. The molecule has 2 aromatic heterocycles. The Morgan fingerprint density at radius 2 is 1.78 bits per heavy atom. The number of pyridine rings is 1. The Morgan fingerprint density at radius 1 is 0.944 bits per heavy atom. The molecule has 0 atom stereocenters. The molecule has 0 bridgehead atoms. The van der Waals surface area contributed by atoms with Gasteiger partial charge in [0.1, 0.15) is 11.4 Å². The number of rotatable bonds is 2. The summed E-state index contributed by atoms with van der Waals surface area (Å²) in [5, 5.41) is 17.3. The van der Waals surface area contributed by atoms with Crippen molar-refractivity contribution in [1.29, 1.82) is 0 Å². The van der Waals surface area contributed by atoms with Crippen molar-refractivity contribution in [3.8, 4) is 22.8 Å². The monoisotopic (exact) mass is 238 g/mol. The van der Waals surface area contributed by atoms with Gasteiger partial charge in [-0.05, 0) is 36.4 Å². The van der Waals surface area contributed by atoms with Gasteiger partial charge in [-0.15, -0.1) is 5.10 Å². The first kappa shape index (κ1) is 10.5. The van der Waals surface area contributed by atoms with Crippen molar-refractivity contribution < 1.29 is 5.11 Å².